The van der Waals surface area contributed by atoms with Crippen LogP contribution in [0.4, 0.5) is 0 Å². The lowest BCUT2D eigenvalue weighted by Gasteiger charge is -2.10. The van der Waals surface area contributed by atoms with Crippen molar-refractivity contribution in [3.63, 3.8) is 0 Å². The number of nitrogens with zero attached hydrogens (tertiary/aromatic N) is 4. The molecule has 5 aromatic carbocycles. The van der Waals surface area contributed by atoms with Crippen molar-refractivity contribution in [2.75, 3.05) is 0 Å². The number of hydrogen-bond acceptors (Lipinski definition) is 3. The molecule has 0 spiro atoms. The number of imidazole rings is 1. The zero-order valence-corrected chi connectivity index (χ0v) is 23.1. The van der Waals surface area contributed by atoms with Gasteiger partial charge in [0.2, 0.25) is 0 Å². The van der Waals surface area contributed by atoms with Gasteiger partial charge in [0.25, 0.3) is 0 Å². The van der Waals surface area contributed by atoms with E-state index in [4.69, 9.17) is 4.98 Å². The lowest BCUT2D eigenvalue weighted by Crippen LogP contribution is -1.98. The van der Waals surface area contributed by atoms with Crippen molar-refractivity contribution in [2.24, 2.45) is 4.99 Å². The second kappa shape index (κ2) is 9.50. The molecule has 0 bridgehead atoms. The van der Waals surface area contributed by atoms with Crippen LogP contribution in [0.25, 0.3) is 77.5 Å². The number of benzene rings is 5. The molecule has 0 fully saturated rings. The van der Waals surface area contributed by atoms with E-state index >= 15 is 0 Å². The molecule has 0 unspecified atom stereocenters. The molecule has 0 aliphatic rings. The number of pyridine rings is 2. The van der Waals surface area contributed by atoms with Gasteiger partial charge >= 0.3 is 0 Å². The fraction of sp³-hybridized carbons (Fsp3) is 0.0263. The van der Waals surface area contributed by atoms with Gasteiger partial charge in [0, 0.05) is 29.0 Å². The predicted octanol–water partition coefficient (Wildman–Crippen LogP) is 9.66. The molecule has 198 valence electrons. The summed E-state index contributed by atoms with van der Waals surface area (Å²) < 4.78 is 2.22. The first-order valence-electron chi connectivity index (χ1n) is 14.0. The van der Waals surface area contributed by atoms with E-state index in [1.807, 2.05) is 18.3 Å². The maximum absolute atomic E-state index is 5.10. The smallest absolute Gasteiger partial charge is 0.147 e. The quantitative estimate of drug-likeness (QED) is 0.209. The van der Waals surface area contributed by atoms with Gasteiger partial charge in [0.15, 0.2) is 0 Å². The third-order valence-corrected chi connectivity index (χ3v) is 8.29. The van der Waals surface area contributed by atoms with Crippen LogP contribution in [-0.2, 0) is 0 Å². The van der Waals surface area contributed by atoms with Crippen LogP contribution in [0.1, 0.15) is 11.3 Å². The summed E-state index contributed by atoms with van der Waals surface area (Å²) in [7, 11) is 0. The minimum absolute atomic E-state index is 0.909. The van der Waals surface area contributed by atoms with Gasteiger partial charge in [0.1, 0.15) is 5.65 Å². The number of aromatic nitrogens is 3. The molecule has 0 atom stereocenters. The van der Waals surface area contributed by atoms with Crippen molar-refractivity contribution in [3.8, 4) is 22.3 Å². The number of rotatable bonds is 4. The number of aryl methyl sites for hydroxylation is 1. The molecular formula is C38H26N4. The fourth-order valence-corrected chi connectivity index (χ4v) is 6.17. The zero-order chi connectivity index (χ0) is 28.2. The number of hydrogen-bond donors (Lipinski definition) is 0. The van der Waals surface area contributed by atoms with E-state index in [2.05, 4.69) is 131 Å². The average Bonchev–Trinajstić information content (AvgIpc) is 3.43. The Morgan fingerprint density at radius 1 is 0.690 bits per heavy atom. The van der Waals surface area contributed by atoms with Crippen molar-refractivity contribution in [2.45, 2.75) is 6.92 Å². The van der Waals surface area contributed by atoms with E-state index in [-0.39, 0.29) is 0 Å². The van der Waals surface area contributed by atoms with Crippen LogP contribution in [0, 0.1) is 6.92 Å². The summed E-state index contributed by atoms with van der Waals surface area (Å²) in [5.74, 6) is 0. The Labute approximate surface area is 242 Å². The van der Waals surface area contributed by atoms with Crippen LogP contribution in [0.15, 0.2) is 127 Å². The zero-order valence-electron chi connectivity index (χ0n) is 23.1. The van der Waals surface area contributed by atoms with Crippen molar-refractivity contribution < 1.29 is 0 Å². The van der Waals surface area contributed by atoms with Gasteiger partial charge in [-0.1, -0.05) is 66.7 Å². The normalized spacial score (nSPS) is 11.9. The summed E-state index contributed by atoms with van der Waals surface area (Å²) in [6.45, 7) is 5.70. The van der Waals surface area contributed by atoms with Gasteiger partial charge in [-0.05, 0) is 106 Å². The molecule has 0 amide bonds. The highest BCUT2D eigenvalue weighted by Crippen LogP contribution is 2.34. The van der Waals surface area contributed by atoms with Crippen LogP contribution < -0.4 is 0 Å². The predicted molar refractivity (Wildman–Crippen MR) is 177 cm³/mol. The largest absolute Gasteiger partial charge is 0.296 e. The SMILES string of the molecule is C=N/C=C\c1c(C)n2c3ccc(-c4ccc5cc(-c6ccc7ccccc7c6)ccc5c4)cc3nc2c2cccnc12. The molecule has 0 aliphatic heterocycles. The number of fused-ring (bicyclic) bond motifs is 7. The molecule has 3 aromatic heterocycles. The second-order valence-electron chi connectivity index (χ2n) is 10.7. The summed E-state index contributed by atoms with van der Waals surface area (Å²) >= 11 is 0. The van der Waals surface area contributed by atoms with Gasteiger partial charge in [-0.2, -0.15) is 0 Å². The maximum atomic E-state index is 5.10. The molecule has 0 saturated heterocycles. The average molecular weight is 539 g/mol. The molecule has 4 nitrogen and oxygen atoms in total. The first-order valence-corrected chi connectivity index (χ1v) is 14.0. The second-order valence-corrected chi connectivity index (χ2v) is 10.7. The molecule has 3 heterocycles. The molecule has 0 saturated carbocycles. The molecule has 0 aliphatic carbocycles. The van der Waals surface area contributed by atoms with Crippen molar-refractivity contribution in [1.82, 2.24) is 14.4 Å². The highest BCUT2D eigenvalue weighted by molar-refractivity contribution is 6.02. The molecule has 42 heavy (non-hydrogen) atoms. The van der Waals surface area contributed by atoms with Crippen molar-refractivity contribution >= 4 is 61.9 Å². The van der Waals surface area contributed by atoms with Crippen LogP contribution in [0.5, 0.6) is 0 Å². The standard InChI is InChI=1S/C38H26N4/c1-24-33(17-19-39-2)37-34(8-5-18-40-37)38-41-35-23-32(15-16-36(35)42(24)38)31-14-13-29-21-28(11-12-30(29)22-31)27-10-9-25-6-3-4-7-26(25)20-27/h3-23H,2H2,1H3/b19-17-. The Morgan fingerprint density at radius 3 is 2.02 bits per heavy atom. The third-order valence-electron chi connectivity index (χ3n) is 8.29. The van der Waals surface area contributed by atoms with Gasteiger partial charge < -0.3 is 0 Å². The Bertz CT molecular complexity index is 2390. The first-order chi connectivity index (χ1) is 20.7. The van der Waals surface area contributed by atoms with Crippen LogP contribution in [0.2, 0.25) is 0 Å². The van der Waals surface area contributed by atoms with Crippen LogP contribution >= 0.6 is 0 Å². The van der Waals surface area contributed by atoms with E-state index in [1.54, 1.807) is 6.20 Å². The lowest BCUT2D eigenvalue weighted by atomic mass is 9.96. The molecule has 0 N–H and O–H groups in total. The topological polar surface area (TPSA) is 42.5 Å². The first kappa shape index (κ1) is 24.2. The minimum Gasteiger partial charge on any atom is -0.296 e. The highest BCUT2D eigenvalue weighted by atomic mass is 15.0. The Morgan fingerprint density at radius 2 is 1.31 bits per heavy atom. The van der Waals surface area contributed by atoms with Crippen LogP contribution in [0.3, 0.4) is 0 Å². The summed E-state index contributed by atoms with van der Waals surface area (Å²) in [6, 6.07) is 39.2. The van der Waals surface area contributed by atoms with Gasteiger partial charge in [-0.25, -0.2) is 4.98 Å². The van der Waals surface area contributed by atoms with E-state index < -0.39 is 0 Å². The van der Waals surface area contributed by atoms with E-state index in [0.29, 0.717) is 0 Å². The fourth-order valence-electron chi connectivity index (χ4n) is 6.17. The molecule has 8 rings (SSSR count). The Balaban J connectivity index is 1.22. The van der Waals surface area contributed by atoms with E-state index in [9.17, 15) is 0 Å². The van der Waals surface area contributed by atoms with Gasteiger partial charge in [-0.15, -0.1) is 0 Å². The minimum atomic E-state index is 0.909. The Hall–Kier alpha value is -5.61. The number of aliphatic imine (C=N–C) groups is 1. The summed E-state index contributed by atoms with van der Waals surface area (Å²) in [4.78, 5) is 13.7. The highest BCUT2D eigenvalue weighted by Gasteiger charge is 2.16. The third kappa shape index (κ3) is 3.80. The molecule has 4 heteroatoms. The summed E-state index contributed by atoms with van der Waals surface area (Å²) in [5.41, 5.74) is 10.7. The van der Waals surface area contributed by atoms with Crippen molar-refractivity contribution in [1.29, 1.82) is 0 Å². The maximum Gasteiger partial charge on any atom is 0.147 e. The van der Waals surface area contributed by atoms with E-state index in [0.717, 1.165) is 44.4 Å². The van der Waals surface area contributed by atoms with E-state index in [1.165, 1.54) is 38.2 Å². The Kier molecular flexibility index (Phi) is 5.47. The monoisotopic (exact) mass is 538 g/mol. The molecule has 0 radical (unpaired) electrons. The summed E-state index contributed by atoms with van der Waals surface area (Å²) in [5, 5.41) is 5.97. The van der Waals surface area contributed by atoms with Gasteiger partial charge in [-0.3, -0.25) is 14.4 Å². The van der Waals surface area contributed by atoms with Gasteiger partial charge in [0.05, 0.1) is 16.6 Å². The lowest BCUT2D eigenvalue weighted by molar-refractivity contribution is 1.13. The van der Waals surface area contributed by atoms with Crippen molar-refractivity contribution in [3.05, 3.63) is 133 Å². The van der Waals surface area contributed by atoms with Crippen LogP contribution in [-0.4, -0.2) is 21.1 Å². The molecule has 8 aromatic rings. The summed E-state index contributed by atoms with van der Waals surface area (Å²) in [6.07, 6.45) is 5.50. The molecular weight excluding hydrogens is 512 g/mol.